The van der Waals surface area contributed by atoms with Crippen LogP contribution in [0.3, 0.4) is 0 Å². The van der Waals surface area contributed by atoms with Crippen LogP contribution in [-0.2, 0) is 25.5 Å². The van der Waals surface area contributed by atoms with Gasteiger partial charge in [-0.1, -0.05) is 35.9 Å². The fourth-order valence-electron chi connectivity index (χ4n) is 3.53. The molecule has 0 heterocycles. The highest BCUT2D eigenvalue weighted by molar-refractivity contribution is 6.32. The van der Waals surface area contributed by atoms with Crippen molar-refractivity contribution in [1.29, 1.82) is 0 Å². The minimum absolute atomic E-state index is 0.0236. The molecule has 1 unspecified atom stereocenters. The molecule has 0 aliphatic rings. The number of ether oxygens (including phenoxy) is 1. The quantitative estimate of drug-likeness (QED) is 0.354. The standard InChI is InChI=1S/C24H27ClFNO6/c1-3-33-22(30)21(29)27-18(14-24(2,10-11-28)23(31)32)12-15-4-6-16(7-5-15)19-13-17(25)8-9-20(19)26/h4-9,13,18,28H,3,10-12,14H2,1-2H3,(H,27,29)(H,31,32)/t18-,24?/m1/s1. The van der Waals surface area contributed by atoms with Crippen LogP contribution in [-0.4, -0.2) is 47.3 Å². The molecule has 0 aliphatic carbocycles. The van der Waals surface area contributed by atoms with Gasteiger partial charge < -0.3 is 20.3 Å². The normalized spacial score (nSPS) is 13.6. The Morgan fingerprint density at radius 3 is 2.42 bits per heavy atom. The number of nitrogens with one attached hydrogen (secondary N) is 1. The SMILES string of the molecule is CCOC(=O)C(=O)N[C@H](Cc1ccc(-c2cc(Cl)ccc2F)cc1)CC(C)(CCO)C(=O)O. The van der Waals surface area contributed by atoms with E-state index in [1.54, 1.807) is 31.2 Å². The molecule has 2 atom stereocenters. The fraction of sp³-hybridized carbons (Fsp3) is 0.375. The van der Waals surface area contributed by atoms with Gasteiger partial charge in [0.1, 0.15) is 5.82 Å². The second-order valence-corrected chi connectivity index (χ2v) is 8.40. The van der Waals surface area contributed by atoms with Gasteiger partial charge >= 0.3 is 17.8 Å². The maximum atomic E-state index is 14.2. The largest absolute Gasteiger partial charge is 0.481 e. The maximum Gasteiger partial charge on any atom is 0.396 e. The van der Waals surface area contributed by atoms with Gasteiger partial charge in [0.15, 0.2) is 0 Å². The predicted molar refractivity (Wildman–Crippen MR) is 121 cm³/mol. The molecule has 7 nitrogen and oxygen atoms in total. The zero-order valence-corrected chi connectivity index (χ0v) is 19.2. The highest BCUT2D eigenvalue weighted by Gasteiger charge is 2.36. The lowest BCUT2D eigenvalue weighted by atomic mass is 9.79. The van der Waals surface area contributed by atoms with E-state index in [0.29, 0.717) is 16.1 Å². The molecular weight excluding hydrogens is 453 g/mol. The molecule has 33 heavy (non-hydrogen) atoms. The van der Waals surface area contributed by atoms with Crippen LogP contribution in [0.1, 0.15) is 32.3 Å². The summed E-state index contributed by atoms with van der Waals surface area (Å²) in [7, 11) is 0. The molecule has 2 rings (SSSR count). The van der Waals surface area contributed by atoms with Crippen molar-refractivity contribution in [2.75, 3.05) is 13.2 Å². The van der Waals surface area contributed by atoms with Crippen molar-refractivity contribution in [3.63, 3.8) is 0 Å². The second kappa shape index (κ2) is 11.8. The highest BCUT2D eigenvalue weighted by Crippen LogP contribution is 2.30. The zero-order chi connectivity index (χ0) is 24.6. The van der Waals surface area contributed by atoms with Crippen molar-refractivity contribution < 1.29 is 33.7 Å². The number of aliphatic carboxylic acids is 1. The van der Waals surface area contributed by atoms with Gasteiger partial charge in [-0.3, -0.25) is 9.59 Å². The topological polar surface area (TPSA) is 113 Å². The van der Waals surface area contributed by atoms with Gasteiger partial charge in [-0.15, -0.1) is 0 Å². The summed E-state index contributed by atoms with van der Waals surface area (Å²) in [6.07, 6.45) is 0.150. The van der Waals surface area contributed by atoms with Crippen LogP contribution in [0.4, 0.5) is 4.39 Å². The molecule has 2 aromatic carbocycles. The minimum Gasteiger partial charge on any atom is -0.481 e. The van der Waals surface area contributed by atoms with E-state index >= 15 is 0 Å². The molecular formula is C24H27ClFNO6. The van der Waals surface area contributed by atoms with E-state index in [2.05, 4.69) is 5.32 Å². The summed E-state index contributed by atoms with van der Waals surface area (Å²) in [5, 5.41) is 21.9. The third-order valence-electron chi connectivity index (χ3n) is 5.35. The summed E-state index contributed by atoms with van der Waals surface area (Å²) >= 11 is 5.97. The number of carbonyl (C=O) groups is 3. The molecule has 0 saturated carbocycles. The number of hydrogen-bond donors (Lipinski definition) is 3. The lowest BCUT2D eigenvalue weighted by molar-refractivity contribution is -0.155. The van der Waals surface area contributed by atoms with Crippen molar-refractivity contribution in [3.8, 4) is 11.1 Å². The minimum atomic E-state index is -1.33. The average Bonchev–Trinajstić information content (AvgIpc) is 2.76. The van der Waals surface area contributed by atoms with Crippen LogP contribution in [0, 0.1) is 11.2 Å². The lowest BCUT2D eigenvalue weighted by Gasteiger charge is -2.29. The van der Waals surface area contributed by atoms with Crippen LogP contribution in [0.15, 0.2) is 42.5 Å². The van der Waals surface area contributed by atoms with E-state index in [9.17, 15) is 29.0 Å². The maximum absolute atomic E-state index is 14.2. The molecule has 0 bridgehead atoms. The first kappa shape index (κ1) is 26.3. The molecule has 0 fully saturated rings. The van der Waals surface area contributed by atoms with Gasteiger partial charge in [-0.05, 0) is 62.4 Å². The molecule has 0 spiro atoms. The van der Waals surface area contributed by atoms with Gasteiger partial charge in [-0.2, -0.15) is 0 Å². The van der Waals surface area contributed by atoms with Crippen LogP contribution in [0.5, 0.6) is 0 Å². The van der Waals surface area contributed by atoms with Crippen LogP contribution in [0.2, 0.25) is 5.02 Å². The first-order valence-corrected chi connectivity index (χ1v) is 10.8. The summed E-state index contributed by atoms with van der Waals surface area (Å²) in [4.78, 5) is 35.8. The van der Waals surface area contributed by atoms with Crippen molar-refractivity contribution >= 4 is 29.4 Å². The number of benzene rings is 2. The van der Waals surface area contributed by atoms with Gasteiger partial charge in [-0.25, -0.2) is 9.18 Å². The summed E-state index contributed by atoms with van der Waals surface area (Å²) < 4.78 is 18.9. The Balaban J connectivity index is 2.27. The van der Waals surface area contributed by atoms with Crippen LogP contribution in [0.25, 0.3) is 11.1 Å². The van der Waals surface area contributed by atoms with Crippen LogP contribution < -0.4 is 5.32 Å². The van der Waals surface area contributed by atoms with Gasteiger partial charge in [0.2, 0.25) is 0 Å². The number of aliphatic hydroxyl groups excluding tert-OH is 1. The van der Waals surface area contributed by atoms with Crippen molar-refractivity contribution in [2.24, 2.45) is 5.41 Å². The monoisotopic (exact) mass is 479 g/mol. The third-order valence-corrected chi connectivity index (χ3v) is 5.58. The number of carboxylic acid groups (broad SMARTS) is 1. The highest BCUT2D eigenvalue weighted by atomic mass is 35.5. The first-order valence-electron chi connectivity index (χ1n) is 10.5. The Hall–Kier alpha value is -2.97. The van der Waals surface area contributed by atoms with Crippen molar-refractivity contribution in [3.05, 3.63) is 58.9 Å². The molecule has 9 heteroatoms. The Kier molecular flexibility index (Phi) is 9.37. The van der Waals surface area contributed by atoms with Gasteiger partial charge in [0.25, 0.3) is 0 Å². The molecule has 0 aliphatic heterocycles. The molecule has 1 amide bonds. The summed E-state index contributed by atoms with van der Waals surface area (Å²) in [5.41, 5.74) is 0.335. The molecule has 178 valence electrons. The fourth-order valence-corrected chi connectivity index (χ4v) is 3.70. The number of amides is 1. The lowest BCUT2D eigenvalue weighted by Crippen LogP contribution is -2.45. The molecule has 3 N–H and O–H groups in total. The van der Waals surface area contributed by atoms with Crippen LogP contribution >= 0.6 is 11.6 Å². The molecule has 0 radical (unpaired) electrons. The van der Waals surface area contributed by atoms with Crippen molar-refractivity contribution in [2.45, 2.75) is 39.2 Å². The summed E-state index contributed by atoms with van der Waals surface area (Å²) in [6.45, 7) is 2.72. The van der Waals surface area contributed by atoms with E-state index in [-0.39, 0.29) is 32.5 Å². The van der Waals surface area contributed by atoms with E-state index < -0.39 is 35.1 Å². The van der Waals surface area contributed by atoms with Gasteiger partial charge in [0.05, 0.1) is 12.0 Å². The summed E-state index contributed by atoms with van der Waals surface area (Å²) in [6, 6.07) is 10.4. The number of rotatable bonds is 10. The first-order chi connectivity index (χ1) is 15.6. The number of esters is 1. The van der Waals surface area contributed by atoms with E-state index in [0.717, 1.165) is 5.56 Å². The van der Waals surface area contributed by atoms with Gasteiger partial charge in [0, 0.05) is 23.2 Å². The van der Waals surface area contributed by atoms with Crippen molar-refractivity contribution in [1.82, 2.24) is 5.32 Å². The average molecular weight is 480 g/mol. The number of carbonyl (C=O) groups excluding carboxylic acids is 2. The van der Waals surface area contributed by atoms with E-state index in [4.69, 9.17) is 16.3 Å². The molecule has 2 aromatic rings. The molecule has 0 aromatic heterocycles. The Morgan fingerprint density at radius 1 is 1.18 bits per heavy atom. The zero-order valence-electron chi connectivity index (χ0n) is 18.4. The Labute approximate surface area is 196 Å². The number of aliphatic hydroxyl groups is 1. The van der Waals surface area contributed by atoms with E-state index in [1.165, 1.54) is 25.1 Å². The molecule has 0 saturated heterocycles. The second-order valence-electron chi connectivity index (χ2n) is 7.96. The number of carboxylic acids is 1. The summed E-state index contributed by atoms with van der Waals surface area (Å²) in [5.74, 6) is -3.59. The van der Waals surface area contributed by atoms with E-state index in [1.807, 2.05) is 0 Å². The third kappa shape index (κ3) is 7.27. The predicted octanol–water partition coefficient (Wildman–Crippen LogP) is 3.60. The smallest absolute Gasteiger partial charge is 0.396 e. The Morgan fingerprint density at radius 2 is 1.85 bits per heavy atom. The number of hydrogen-bond acceptors (Lipinski definition) is 5. The Bertz CT molecular complexity index is 997. The number of halogens is 2.